The van der Waals surface area contributed by atoms with Crippen molar-refractivity contribution in [1.29, 1.82) is 0 Å². The topological polar surface area (TPSA) is 117 Å². The molecule has 2 aliphatic carbocycles. The summed E-state index contributed by atoms with van der Waals surface area (Å²) in [6, 6.07) is 0.502. The van der Waals surface area contributed by atoms with Gasteiger partial charge in [-0.1, -0.05) is 24.3 Å². The first-order valence-corrected chi connectivity index (χ1v) is 8.07. The van der Waals surface area contributed by atoms with Crippen LogP contribution >= 0.6 is 0 Å². The molecule has 1 fully saturated rings. The number of rotatable bonds is 3. The molecule has 1 amide bonds. The Morgan fingerprint density at radius 2 is 2.08 bits per heavy atom. The minimum Gasteiger partial charge on any atom is -0.477 e. The Balaban J connectivity index is 1.66. The van der Waals surface area contributed by atoms with Crippen LogP contribution in [0.2, 0.25) is 0 Å². The van der Waals surface area contributed by atoms with E-state index in [4.69, 9.17) is 0 Å². The molecule has 0 aromatic carbocycles. The summed E-state index contributed by atoms with van der Waals surface area (Å²) in [7, 11) is 0. The molecule has 0 bridgehead atoms. The van der Waals surface area contributed by atoms with Gasteiger partial charge in [0.05, 0.1) is 18.3 Å². The van der Waals surface area contributed by atoms with Crippen molar-refractivity contribution in [3.05, 3.63) is 53.8 Å². The summed E-state index contributed by atoms with van der Waals surface area (Å²) in [5, 5.41) is 25.9. The molecule has 1 saturated carbocycles. The maximum atomic E-state index is 13.8. The molecule has 26 heavy (non-hydrogen) atoms. The highest BCUT2D eigenvalue weighted by molar-refractivity contribution is 5.96. The Hall–Kier alpha value is -3.07. The number of carbonyl (C=O) groups excluding carboxylic acids is 1. The van der Waals surface area contributed by atoms with Gasteiger partial charge in [0.25, 0.3) is 5.91 Å². The number of aromatic nitrogens is 3. The summed E-state index contributed by atoms with van der Waals surface area (Å²) in [6.07, 6.45) is 8.26. The van der Waals surface area contributed by atoms with E-state index in [1.54, 1.807) is 0 Å². The third-order valence-corrected chi connectivity index (χ3v) is 4.82. The fraction of sp³-hybridized carbons (Fsp3) is 0.294. The Morgan fingerprint density at radius 1 is 1.31 bits per heavy atom. The first kappa shape index (κ1) is 16.4. The third kappa shape index (κ3) is 2.57. The molecule has 0 radical (unpaired) electrons. The minimum absolute atomic E-state index is 0.0617. The van der Waals surface area contributed by atoms with Crippen LogP contribution in [0.3, 0.4) is 0 Å². The molecule has 0 aliphatic heterocycles. The van der Waals surface area contributed by atoms with E-state index in [2.05, 4.69) is 15.4 Å². The number of fused-ring (bicyclic) bond motifs is 2. The maximum Gasteiger partial charge on any atom is 0.354 e. The number of carboxylic acids is 1. The fourth-order valence-electron chi connectivity index (χ4n) is 3.60. The SMILES string of the molecule is O=C(N[C@H]1C2C=CC=CC2C[C@H]1O)c1cc(C(=O)O)n2ncc(F)c2n1. The smallest absolute Gasteiger partial charge is 0.354 e. The van der Waals surface area contributed by atoms with Crippen molar-refractivity contribution in [3.8, 4) is 0 Å². The number of nitrogens with one attached hydrogen (secondary N) is 1. The molecule has 2 aliphatic rings. The van der Waals surface area contributed by atoms with Crippen molar-refractivity contribution in [2.24, 2.45) is 11.8 Å². The molecular formula is C17H15FN4O4. The number of allylic oxidation sites excluding steroid dienone is 3. The van der Waals surface area contributed by atoms with Crippen LogP contribution in [0.5, 0.6) is 0 Å². The Labute approximate surface area is 146 Å². The molecule has 2 heterocycles. The van der Waals surface area contributed by atoms with Crippen LogP contribution in [-0.4, -0.2) is 48.8 Å². The zero-order chi connectivity index (χ0) is 18.4. The number of hydrogen-bond donors (Lipinski definition) is 3. The summed E-state index contributed by atoms with van der Waals surface area (Å²) in [5.41, 5.74) is -0.977. The Morgan fingerprint density at radius 3 is 2.85 bits per heavy atom. The van der Waals surface area contributed by atoms with Crippen LogP contribution < -0.4 is 5.32 Å². The van der Waals surface area contributed by atoms with Crippen molar-refractivity contribution < 1.29 is 24.2 Å². The van der Waals surface area contributed by atoms with E-state index in [1.165, 1.54) is 0 Å². The monoisotopic (exact) mass is 358 g/mol. The van der Waals surface area contributed by atoms with Gasteiger partial charge in [-0.15, -0.1) is 0 Å². The van der Waals surface area contributed by atoms with Gasteiger partial charge in [-0.25, -0.2) is 18.7 Å². The van der Waals surface area contributed by atoms with Gasteiger partial charge < -0.3 is 15.5 Å². The Bertz CT molecular complexity index is 967. The molecule has 4 rings (SSSR count). The lowest BCUT2D eigenvalue weighted by Crippen LogP contribution is -2.44. The van der Waals surface area contributed by atoms with E-state index in [0.717, 1.165) is 16.8 Å². The first-order valence-electron chi connectivity index (χ1n) is 8.07. The molecular weight excluding hydrogens is 343 g/mol. The van der Waals surface area contributed by atoms with Crippen LogP contribution in [0, 0.1) is 17.7 Å². The first-order chi connectivity index (χ1) is 12.5. The summed E-state index contributed by atoms with van der Waals surface area (Å²) in [6.45, 7) is 0. The summed E-state index contributed by atoms with van der Waals surface area (Å²) in [5.74, 6) is -2.81. The van der Waals surface area contributed by atoms with E-state index in [1.807, 2.05) is 24.3 Å². The molecule has 8 nitrogen and oxygen atoms in total. The second-order valence-corrected chi connectivity index (χ2v) is 6.37. The zero-order valence-corrected chi connectivity index (χ0v) is 13.4. The van der Waals surface area contributed by atoms with Crippen LogP contribution in [0.25, 0.3) is 5.65 Å². The van der Waals surface area contributed by atoms with Gasteiger partial charge in [0, 0.05) is 12.0 Å². The maximum absolute atomic E-state index is 13.8. The van der Waals surface area contributed by atoms with Crippen molar-refractivity contribution in [2.45, 2.75) is 18.6 Å². The van der Waals surface area contributed by atoms with Crippen LogP contribution in [0.1, 0.15) is 27.4 Å². The van der Waals surface area contributed by atoms with Crippen molar-refractivity contribution in [3.63, 3.8) is 0 Å². The fourth-order valence-corrected chi connectivity index (χ4v) is 3.60. The number of aliphatic hydroxyl groups excluding tert-OH is 1. The van der Waals surface area contributed by atoms with Gasteiger partial charge in [0.1, 0.15) is 5.69 Å². The summed E-state index contributed by atoms with van der Waals surface area (Å²) in [4.78, 5) is 27.9. The number of hydrogen-bond acceptors (Lipinski definition) is 5. The number of aliphatic hydroxyl groups is 1. The normalized spacial score (nSPS) is 26.8. The molecule has 4 atom stereocenters. The standard InChI is InChI=1S/C17H15FN4O4/c18-10-7-19-22-12(17(25)26)6-11(20-15(10)22)16(24)21-14-9-4-2-1-3-8(9)5-13(14)23/h1-4,6-9,13-14,23H,5H2,(H,21,24)(H,25,26)/t8?,9?,13-,14+/m1/s1. The number of carbonyl (C=O) groups is 2. The average molecular weight is 358 g/mol. The molecule has 2 aromatic rings. The highest BCUT2D eigenvalue weighted by atomic mass is 19.1. The van der Waals surface area contributed by atoms with E-state index in [9.17, 15) is 24.2 Å². The number of nitrogens with zero attached hydrogens (tertiary/aromatic N) is 3. The van der Waals surface area contributed by atoms with Gasteiger partial charge in [-0.3, -0.25) is 4.79 Å². The number of amides is 1. The zero-order valence-electron chi connectivity index (χ0n) is 13.4. The van der Waals surface area contributed by atoms with E-state index < -0.39 is 29.8 Å². The summed E-state index contributed by atoms with van der Waals surface area (Å²) >= 11 is 0. The van der Waals surface area contributed by atoms with Crippen LogP contribution in [0.4, 0.5) is 4.39 Å². The summed E-state index contributed by atoms with van der Waals surface area (Å²) < 4.78 is 14.6. The molecule has 3 N–H and O–H groups in total. The van der Waals surface area contributed by atoms with Crippen molar-refractivity contribution in [1.82, 2.24) is 19.9 Å². The molecule has 0 spiro atoms. The van der Waals surface area contributed by atoms with Gasteiger partial charge in [-0.05, 0) is 12.3 Å². The molecule has 0 saturated heterocycles. The second-order valence-electron chi connectivity index (χ2n) is 6.37. The number of aromatic carboxylic acids is 1. The lowest BCUT2D eigenvalue weighted by atomic mass is 9.90. The predicted octanol–water partition coefficient (Wildman–Crippen LogP) is 0.788. The largest absolute Gasteiger partial charge is 0.477 e. The quantitative estimate of drug-likeness (QED) is 0.747. The molecule has 9 heteroatoms. The average Bonchev–Trinajstić information content (AvgIpc) is 3.14. The van der Waals surface area contributed by atoms with E-state index in [-0.39, 0.29) is 28.9 Å². The van der Waals surface area contributed by atoms with E-state index >= 15 is 0 Å². The lowest BCUT2D eigenvalue weighted by Gasteiger charge is -2.24. The van der Waals surface area contributed by atoms with Gasteiger partial charge in [-0.2, -0.15) is 5.10 Å². The number of halogens is 1. The third-order valence-electron chi connectivity index (χ3n) is 4.82. The minimum atomic E-state index is -1.36. The van der Waals surface area contributed by atoms with E-state index in [0.29, 0.717) is 6.42 Å². The van der Waals surface area contributed by atoms with Crippen LogP contribution in [-0.2, 0) is 0 Å². The second kappa shape index (κ2) is 6.03. The van der Waals surface area contributed by atoms with Crippen LogP contribution in [0.15, 0.2) is 36.6 Å². The van der Waals surface area contributed by atoms with Crippen molar-refractivity contribution >= 4 is 17.5 Å². The van der Waals surface area contributed by atoms with Gasteiger partial charge >= 0.3 is 5.97 Å². The van der Waals surface area contributed by atoms with Gasteiger partial charge in [0.15, 0.2) is 17.2 Å². The predicted molar refractivity (Wildman–Crippen MR) is 87.0 cm³/mol. The highest BCUT2D eigenvalue weighted by Crippen LogP contribution is 2.36. The van der Waals surface area contributed by atoms with Gasteiger partial charge in [0.2, 0.25) is 0 Å². The van der Waals surface area contributed by atoms with Crippen molar-refractivity contribution in [2.75, 3.05) is 0 Å². The highest BCUT2D eigenvalue weighted by Gasteiger charge is 2.41. The lowest BCUT2D eigenvalue weighted by molar-refractivity contribution is 0.0687. The number of carboxylic acid groups (broad SMARTS) is 1. The molecule has 2 unspecified atom stereocenters. The molecule has 134 valence electrons. The Kier molecular flexibility index (Phi) is 3.80. The molecule has 2 aromatic heterocycles.